The molecule has 0 saturated carbocycles. The molecule has 17 heavy (non-hydrogen) atoms. The molecular weight excluding hydrogens is 280 g/mol. The van der Waals surface area contributed by atoms with Crippen LogP contribution in [0.25, 0.3) is 0 Å². The Morgan fingerprint density at radius 1 is 1.41 bits per heavy atom. The van der Waals surface area contributed by atoms with Gasteiger partial charge < -0.3 is 4.57 Å². The average Bonchev–Trinajstić information content (AvgIpc) is 2.80. The highest BCUT2D eigenvalue weighted by Gasteiger charge is 2.13. The van der Waals surface area contributed by atoms with Crippen molar-refractivity contribution in [2.45, 2.75) is 19.9 Å². The lowest BCUT2D eigenvalue weighted by Gasteiger charge is -2.05. The molecular formula is C13H13BrN2O. The summed E-state index contributed by atoms with van der Waals surface area (Å²) < 4.78 is 2.82. The lowest BCUT2D eigenvalue weighted by atomic mass is 10.1. The van der Waals surface area contributed by atoms with Crippen molar-refractivity contribution < 1.29 is 4.79 Å². The lowest BCUT2D eigenvalue weighted by Crippen LogP contribution is -2.12. The molecule has 0 aliphatic heterocycles. The lowest BCUT2D eigenvalue weighted by molar-refractivity contribution is 0.0979. The Morgan fingerprint density at radius 3 is 2.88 bits per heavy atom. The predicted molar refractivity (Wildman–Crippen MR) is 70.1 cm³/mol. The minimum atomic E-state index is 0.0451. The summed E-state index contributed by atoms with van der Waals surface area (Å²) in [6, 6.07) is 7.75. The summed E-state index contributed by atoms with van der Waals surface area (Å²) in [5, 5.41) is 0. The monoisotopic (exact) mass is 292 g/mol. The second-order valence-corrected chi connectivity index (χ2v) is 4.58. The molecule has 1 heterocycles. The van der Waals surface area contributed by atoms with Crippen molar-refractivity contribution in [2.24, 2.45) is 0 Å². The first-order valence-electron chi connectivity index (χ1n) is 5.50. The van der Waals surface area contributed by atoms with Gasteiger partial charge in [-0.05, 0) is 18.6 Å². The average molecular weight is 293 g/mol. The van der Waals surface area contributed by atoms with E-state index in [4.69, 9.17) is 0 Å². The maximum absolute atomic E-state index is 12.1. The highest BCUT2D eigenvalue weighted by atomic mass is 79.9. The minimum Gasteiger partial charge on any atom is -0.329 e. The zero-order valence-electron chi connectivity index (χ0n) is 9.56. The topological polar surface area (TPSA) is 34.9 Å². The van der Waals surface area contributed by atoms with Gasteiger partial charge in [-0.3, -0.25) is 4.79 Å². The van der Waals surface area contributed by atoms with E-state index in [0.29, 0.717) is 12.2 Å². The van der Waals surface area contributed by atoms with E-state index in [9.17, 15) is 4.79 Å². The predicted octanol–water partition coefficient (Wildman–Crippen LogP) is 3.09. The molecule has 88 valence electrons. The molecule has 1 aromatic heterocycles. The summed E-state index contributed by atoms with van der Waals surface area (Å²) >= 11 is 3.44. The van der Waals surface area contributed by atoms with Gasteiger partial charge in [-0.15, -0.1) is 0 Å². The van der Waals surface area contributed by atoms with Crippen LogP contribution in [0.2, 0.25) is 0 Å². The van der Waals surface area contributed by atoms with Crippen LogP contribution in [-0.4, -0.2) is 15.3 Å². The van der Waals surface area contributed by atoms with E-state index in [0.717, 1.165) is 16.6 Å². The van der Waals surface area contributed by atoms with Crippen LogP contribution in [0.4, 0.5) is 0 Å². The molecule has 0 N–H and O–H groups in total. The van der Waals surface area contributed by atoms with Crippen molar-refractivity contribution in [3.8, 4) is 0 Å². The van der Waals surface area contributed by atoms with Crippen LogP contribution >= 0.6 is 15.9 Å². The van der Waals surface area contributed by atoms with E-state index in [2.05, 4.69) is 20.9 Å². The molecule has 0 bridgehead atoms. The number of halogens is 1. The van der Waals surface area contributed by atoms with Crippen molar-refractivity contribution in [1.82, 2.24) is 9.55 Å². The summed E-state index contributed by atoms with van der Waals surface area (Å²) in [7, 11) is 0. The van der Waals surface area contributed by atoms with Crippen LogP contribution < -0.4 is 0 Å². The zero-order valence-corrected chi connectivity index (χ0v) is 11.1. The molecule has 2 aromatic rings. The van der Waals surface area contributed by atoms with Gasteiger partial charge in [-0.1, -0.05) is 34.1 Å². The van der Waals surface area contributed by atoms with Crippen molar-refractivity contribution in [2.75, 3.05) is 0 Å². The molecule has 0 fully saturated rings. The van der Waals surface area contributed by atoms with Gasteiger partial charge in [0.1, 0.15) is 0 Å². The molecule has 2 rings (SSSR count). The molecule has 0 radical (unpaired) electrons. The van der Waals surface area contributed by atoms with E-state index in [1.54, 1.807) is 6.20 Å². The SMILES string of the molecule is CCn1ccnc1C(=O)Cc1ccccc1Br. The van der Waals surface area contributed by atoms with Crippen LogP contribution in [0, 0.1) is 0 Å². The zero-order chi connectivity index (χ0) is 12.3. The Balaban J connectivity index is 2.20. The molecule has 0 atom stereocenters. The summed E-state index contributed by atoms with van der Waals surface area (Å²) in [4.78, 5) is 16.2. The van der Waals surface area contributed by atoms with Gasteiger partial charge in [0.05, 0.1) is 0 Å². The normalized spacial score (nSPS) is 10.5. The first-order chi connectivity index (χ1) is 8.22. The van der Waals surface area contributed by atoms with Gasteiger partial charge in [-0.2, -0.15) is 0 Å². The number of benzene rings is 1. The van der Waals surface area contributed by atoms with Gasteiger partial charge in [0.2, 0.25) is 5.78 Å². The molecule has 4 heteroatoms. The Kier molecular flexibility index (Phi) is 3.74. The molecule has 3 nitrogen and oxygen atoms in total. The fraction of sp³-hybridized carbons (Fsp3) is 0.231. The number of hydrogen-bond donors (Lipinski definition) is 0. The van der Waals surface area contributed by atoms with Gasteiger partial charge in [0.25, 0.3) is 0 Å². The molecule has 0 aliphatic carbocycles. The maximum Gasteiger partial charge on any atom is 0.202 e. The highest BCUT2D eigenvalue weighted by Crippen LogP contribution is 2.17. The van der Waals surface area contributed by atoms with Gasteiger partial charge in [0, 0.05) is 29.8 Å². The van der Waals surface area contributed by atoms with Crippen molar-refractivity contribution in [3.63, 3.8) is 0 Å². The summed E-state index contributed by atoms with van der Waals surface area (Å²) in [6.07, 6.45) is 3.86. The first-order valence-corrected chi connectivity index (χ1v) is 6.29. The fourth-order valence-electron chi connectivity index (χ4n) is 1.71. The third kappa shape index (κ3) is 2.64. The summed E-state index contributed by atoms with van der Waals surface area (Å²) in [5.74, 6) is 0.576. The van der Waals surface area contributed by atoms with E-state index >= 15 is 0 Å². The fourth-order valence-corrected chi connectivity index (χ4v) is 2.14. The van der Waals surface area contributed by atoms with Crippen LogP contribution in [0.1, 0.15) is 23.1 Å². The number of hydrogen-bond acceptors (Lipinski definition) is 2. The summed E-state index contributed by atoms with van der Waals surface area (Å²) in [6.45, 7) is 2.76. The van der Waals surface area contributed by atoms with Crippen molar-refractivity contribution in [1.29, 1.82) is 0 Å². The number of carbonyl (C=O) groups excluding carboxylic acids is 1. The minimum absolute atomic E-state index is 0.0451. The number of imidazole rings is 1. The second-order valence-electron chi connectivity index (χ2n) is 3.73. The molecule has 1 aromatic carbocycles. The third-order valence-corrected chi connectivity index (χ3v) is 3.39. The molecule has 0 spiro atoms. The maximum atomic E-state index is 12.1. The number of nitrogens with zero attached hydrogens (tertiary/aromatic N) is 2. The van der Waals surface area contributed by atoms with Crippen molar-refractivity contribution in [3.05, 3.63) is 52.5 Å². The molecule has 0 amide bonds. The Bertz CT molecular complexity index is 534. The smallest absolute Gasteiger partial charge is 0.202 e. The van der Waals surface area contributed by atoms with Crippen molar-refractivity contribution >= 4 is 21.7 Å². The van der Waals surface area contributed by atoms with E-state index in [1.165, 1.54) is 0 Å². The van der Waals surface area contributed by atoms with E-state index in [1.807, 2.05) is 42.0 Å². The quantitative estimate of drug-likeness (QED) is 0.812. The van der Waals surface area contributed by atoms with Gasteiger partial charge >= 0.3 is 0 Å². The van der Waals surface area contributed by atoms with Gasteiger partial charge in [-0.25, -0.2) is 4.98 Å². The number of aryl methyl sites for hydroxylation is 1. The Morgan fingerprint density at radius 2 is 2.18 bits per heavy atom. The van der Waals surface area contributed by atoms with E-state index < -0.39 is 0 Å². The largest absolute Gasteiger partial charge is 0.329 e. The third-order valence-electron chi connectivity index (χ3n) is 2.61. The highest BCUT2D eigenvalue weighted by molar-refractivity contribution is 9.10. The van der Waals surface area contributed by atoms with Gasteiger partial charge in [0.15, 0.2) is 5.82 Å². The molecule has 0 unspecified atom stereocenters. The number of carbonyl (C=O) groups is 1. The number of Topliss-reactive ketones (excluding diaryl/α,β-unsaturated/α-hetero) is 1. The van der Waals surface area contributed by atoms with Crippen LogP contribution in [-0.2, 0) is 13.0 Å². The second kappa shape index (κ2) is 5.27. The van der Waals surface area contributed by atoms with Crippen LogP contribution in [0.3, 0.4) is 0 Å². The Hall–Kier alpha value is -1.42. The Labute approximate surface area is 109 Å². The van der Waals surface area contributed by atoms with Crippen LogP contribution in [0.5, 0.6) is 0 Å². The summed E-state index contributed by atoms with van der Waals surface area (Å²) in [5.41, 5.74) is 0.989. The molecule has 0 aliphatic rings. The van der Waals surface area contributed by atoms with Crippen LogP contribution in [0.15, 0.2) is 41.1 Å². The number of ketones is 1. The number of aromatic nitrogens is 2. The number of rotatable bonds is 4. The standard InChI is InChI=1S/C13H13BrN2O/c1-2-16-8-7-15-13(16)12(17)9-10-5-3-4-6-11(10)14/h3-8H,2,9H2,1H3. The molecule has 0 saturated heterocycles. The van der Waals surface area contributed by atoms with E-state index in [-0.39, 0.29) is 5.78 Å². The first kappa shape index (κ1) is 12.0.